The molecule has 0 aromatic carbocycles. The molecule has 3 N–H and O–H groups in total. The minimum absolute atomic E-state index is 0.201. The van der Waals surface area contributed by atoms with Crippen LogP contribution in [0.3, 0.4) is 0 Å². The summed E-state index contributed by atoms with van der Waals surface area (Å²) in [5, 5.41) is 0. The third-order valence-electron chi connectivity index (χ3n) is 0.365. The van der Waals surface area contributed by atoms with Gasteiger partial charge in [0.2, 0.25) is 0 Å². The Labute approximate surface area is 49.4 Å². The summed E-state index contributed by atoms with van der Waals surface area (Å²) < 4.78 is 26.9. The van der Waals surface area contributed by atoms with Crippen LogP contribution in [-0.4, -0.2) is 25.8 Å². The fourth-order valence-corrected chi connectivity index (χ4v) is 0. The van der Waals surface area contributed by atoms with E-state index in [9.17, 15) is 8.42 Å². The van der Waals surface area contributed by atoms with Gasteiger partial charge in [-0.05, 0) is 14.0 Å². The zero-order valence-electron chi connectivity index (χ0n) is 4.96. The number of hydrogen-bond donors (Lipinski definition) is 2. The molecule has 0 saturated carbocycles. The Morgan fingerprint density at radius 2 is 1.62 bits per heavy atom. The lowest BCUT2D eigenvalue weighted by atomic mass is 11.0. The van der Waals surface area contributed by atoms with Gasteiger partial charge in [0.1, 0.15) is 0 Å². The van der Waals surface area contributed by atoms with Crippen LogP contribution in [-0.2, 0) is 10.1 Å². The maximum Gasteiger partial charge on any atom is 0.264 e. The van der Waals surface area contributed by atoms with Gasteiger partial charge in [-0.3, -0.25) is 4.55 Å². The second-order valence-corrected chi connectivity index (χ2v) is 2.61. The molecule has 5 heteroatoms. The van der Waals surface area contributed by atoms with Crippen LogP contribution in [0.15, 0.2) is 0 Å². The number of rotatable bonds is 1. The summed E-state index contributed by atoms with van der Waals surface area (Å²) in [6.07, 6.45) is 0. The molecule has 0 aromatic rings. The summed E-state index contributed by atoms with van der Waals surface area (Å²) in [4.78, 5) is 0. The minimum atomic E-state index is -3.66. The molecule has 0 atom stereocenters. The topological polar surface area (TPSA) is 80.4 Å². The highest BCUT2D eigenvalue weighted by molar-refractivity contribution is 7.85. The summed E-state index contributed by atoms with van der Waals surface area (Å²) >= 11 is 0. The van der Waals surface area contributed by atoms with Crippen molar-refractivity contribution in [2.24, 2.45) is 5.73 Å². The summed E-state index contributed by atoms with van der Waals surface area (Å²) in [6.45, 7) is 1.37. The molecule has 0 unspecified atom stereocenters. The molecule has 0 amide bonds. The molecule has 4 nitrogen and oxygen atoms in total. The van der Waals surface area contributed by atoms with E-state index in [-0.39, 0.29) is 5.75 Å². The monoisotopic (exact) mass is 141 g/mol. The van der Waals surface area contributed by atoms with E-state index in [2.05, 4.69) is 5.73 Å². The van der Waals surface area contributed by atoms with E-state index >= 15 is 0 Å². The van der Waals surface area contributed by atoms with Crippen LogP contribution in [0.5, 0.6) is 0 Å². The molecule has 0 aliphatic heterocycles. The van der Waals surface area contributed by atoms with Crippen LogP contribution in [0, 0.1) is 0 Å². The van der Waals surface area contributed by atoms with Crippen molar-refractivity contribution in [2.45, 2.75) is 6.92 Å². The smallest absolute Gasteiger partial charge is 0.264 e. The Balaban J connectivity index is 0. The van der Waals surface area contributed by atoms with Crippen molar-refractivity contribution in [1.82, 2.24) is 0 Å². The molecule has 0 heterocycles. The highest BCUT2D eigenvalue weighted by Gasteiger charge is 1.93. The summed E-state index contributed by atoms with van der Waals surface area (Å²) in [5.74, 6) is -0.201. The average Bonchev–Trinajstić information content (AvgIpc) is 1.71. The second-order valence-electron chi connectivity index (χ2n) is 0.871. The van der Waals surface area contributed by atoms with Gasteiger partial charge in [0.25, 0.3) is 10.1 Å². The highest BCUT2D eigenvalue weighted by Crippen LogP contribution is 1.74. The van der Waals surface area contributed by atoms with Crippen LogP contribution in [0.1, 0.15) is 6.92 Å². The Hall–Kier alpha value is -0.130. The highest BCUT2D eigenvalue weighted by atomic mass is 32.2. The lowest BCUT2D eigenvalue weighted by Crippen LogP contribution is -1.97. The van der Waals surface area contributed by atoms with Gasteiger partial charge in [-0.1, -0.05) is 0 Å². The first-order chi connectivity index (χ1) is 3.56. The van der Waals surface area contributed by atoms with Crippen LogP contribution < -0.4 is 5.73 Å². The van der Waals surface area contributed by atoms with E-state index in [1.807, 2.05) is 0 Å². The largest absolute Gasteiger partial charge is 0.333 e. The van der Waals surface area contributed by atoms with Gasteiger partial charge in [-0.25, -0.2) is 0 Å². The molecule has 0 spiro atoms. The number of hydrogen-bond acceptors (Lipinski definition) is 3. The van der Waals surface area contributed by atoms with Gasteiger partial charge < -0.3 is 5.73 Å². The van der Waals surface area contributed by atoms with E-state index in [1.54, 1.807) is 0 Å². The summed E-state index contributed by atoms with van der Waals surface area (Å²) in [6, 6.07) is 0. The third kappa shape index (κ3) is 16.9. The minimum Gasteiger partial charge on any atom is -0.333 e. The van der Waals surface area contributed by atoms with Crippen molar-refractivity contribution in [3.63, 3.8) is 0 Å². The molecule has 0 bridgehead atoms. The van der Waals surface area contributed by atoms with Crippen LogP contribution >= 0.6 is 0 Å². The molecule has 0 aliphatic carbocycles. The Bertz CT molecular complexity index is 116. The molecule has 0 radical (unpaired) electrons. The first kappa shape index (κ1) is 10.8. The Kier molecular flexibility index (Phi) is 6.76. The lowest BCUT2D eigenvalue weighted by molar-refractivity contribution is 0.484. The van der Waals surface area contributed by atoms with Crippen molar-refractivity contribution in [3.05, 3.63) is 0 Å². The molecule has 0 rings (SSSR count). The standard InChI is InChI=1S/C2H6O3S.CH5N/c1-2-6(3,4)5;1-2/h2H2,1H3,(H,3,4,5);2H2,1H3. The Morgan fingerprint density at radius 3 is 1.62 bits per heavy atom. The predicted octanol–water partition coefficient (Wildman–Crippen LogP) is -0.531. The van der Waals surface area contributed by atoms with Crippen LogP contribution in [0.25, 0.3) is 0 Å². The molecular formula is C3H11NO3S. The van der Waals surface area contributed by atoms with Crippen molar-refractivity contribution in [3.8, 4) is 0 Å². The van der Waals surface area contributed by atoms with Gasteiger partial charge in [0.15, 0.2) is 0 Å². The van der Waals surface area contributed by atoms with E-state index < -0.39 is 10.1 Å². The first-order valence-electron chi connectivity index (χ1n) is 2.09. The number of nitrogens with two attached hydrogens (primary N) is 1. The maximum atomic E-state index is 9.56. The third-order valence-corrected chi connectivity index (χ3v) is 1.09. The van der Waals surface area contributed by atoms with Gasteiger partial charge in [-0.15, -0.1) is 0 Å². The first-order valence-corrected chi connectivity index (χ1v) is 3.70. The predicted molar refractivity (Wildman–Crippen MR) is 32.2 cm³/mol. The van der Waals surface area contributed by atoms with Gasteiger partial charge >= 0.3 is 0 Å². The molecule has 0 aromatic heterocycles. The molecule has 52 valence electrons. The van der Waals surface area contributed by atoms with E-state index in [1.165, 1.54) is 14.0 Å². The van der Waals surface area contributed by atoms with Gasteiger partial charge in [0.05, 0.1) is 5.75 Å². The molecule has 0 saturated heterocycles. The molecular weight excluding hydrogens is 130 g/mol. The van der Waals surface area contributed by atoms with Crippen molar-refractivity contribution in [1.29, 1.82) is 0 Å². The molecule has 8 heavy (non-hydrogen) atoms. The van der Waals surface area contributed by atoms with Crippen LogP contribution in [0.4, 0.5) is 0 Å². The second kappa shape index (κ2) is 5.02. The fraction of sp³-hybridized carbons (Fsp3) is 1.00. The normalized spacial score (nSPS) is 9.50. The quantitative estimate of drug-likeness (QED) is 0.481. The van der Waals surface area contributed by atoms with E-state index in [0.717, 1.165) is 0 Å². The lowest BCUT2D eigenvalue weighted by Gasteiger charge is -1.79. The van der Waals surface area contributed by atoms with Gasteiger partial charge in [-0.2, -0.15) is 8.42 Å². The molecule has 0 aliphatic rings. The maximum absolute atomic E-state index is 9.56. The molecule has 0 fully saturated rings. The Morgan fingerprint density at radius 1 is 1.50 bits per heavy atom. The van der Waals surface area contributed by atoms with E-state index in [0.29, 0.717) is 0 Å². The SMILES string of the molecule is CCS(=O)(=O)O.CN. The van der Waals surface area contributed by atoms with Crippen molar-refractivity contribution >= 4 is 10.1 Å². The summed E-state index contributed by atoms with van der Waals surface area (Å²) in [5.41, 5.74) is 4.50. The fourth-order valence-electron chi connectivity index (χ4n) is 0. The van der Waals surface area contributed by atoms with Crippen LogP contribution in [0.2, 0.25) is 0 Å². The summed E-state index contributed by atoms with van der Waals surface area (Å²) in [7, 11) is -2.16. The average molecular weight is 141 g/mol. The van der Waals surface area contributed by atoms with Crippen molar-refractivity contribution in [2.75, 3.05) is 12.8 Å². The zero-order chi connectivity index (χ0) is 7.21. The van der Waals surface area contributed by atoms with Gasteiger partial charge in [0, 0.05) is 0 Å². The van der Waals surface area contributed by atoms with Crippen molar-refractivity contribution < 1.29 is 13.0 Å². The van der Waals surface area contributed by atoms with E-state index in [4.69, 9.17) is 4.55 Å². The zero-order valence-corrected chi connectivity index (χ0v) is 5.77.